The molecule has 0 bridgehead atoms. The van der Waals surface area contributed by atoms with E-state index < -0.39 is 0 Å². The summed E-state index contributed by atoms with van der Waals surface area (Å²) in [5, 5.41) is 2.90. The van der Waals surface area contributed by atoms with Crippen molar-refractivity contribution in [2.75, 3.05) is 11.4 Å². The molecule has 3 rings (SSSR count). The van der Waals surface area contributed by atoms with Crippen molar-refractivity contribution in [3.05, 3.63) is 65.7 Å². The molecule has 1 atom stereocenters. The normalized spacial score (nSPS) is 14.6. The summed E-state index contributed by atoms with van der Waals surface area (Å²) in [4.78, 5) is 26.3. The molecule has 1 heterocycles. The number of para-hydroxylation sites is 1. The van der Waals surface area contributed by atoms with Crippen LogP contribution in [0.4, 0.5) is 5.69 Å². The minimum Gasteiger partial charge on any atom is -0.349 e. The van der Waals surface area contributed by atoms with Crippen LogP contribution in [-0.4, -0.2) is 18.4 Å². The molecule has 0 aromatic heterocycles. The van der Waals surface area contributed by atoms with Crippen LogP contribution in [0.2, 0.25) is 0 Å². The predicted molar refractivity (Wildman–Crippen MR) is 94.7 cm³/mol. The van der Waals surface area contributed by atoms with Gasteiger partial charge in [-0.2, -0.15) is 0 Å². The van der Waals surface area contributed by atoms with E-state index in [9.17, 15) is 9.59 Å². The fourth-order valence-corrected chi connectivity index (χ4v) is 3.26. The lowest BCUT2D eigenvalue weighted by molar-refractivity contribution is -0.121. The average Bonchev–Trinajstić information content (AvgIpc) is 2.61. The van der Waals surface area contributed by atoms with Crippen molar-refractivity contribution in [3.63, 3.8) is 0 Å². The van der Waals surface area contributed by atoms with Crippen LogP contribution in [-0.2, 0) is 16.0 Å². The molecule has 1 aliphatic rings. The lowest BCUT2D eigenvalue weighted by Crippen LogP contribution is -2.38. The topological polar surface area (TPSA) is 49.4 Å². The molecular formula is C20H22N2O2. The van der Waals surface area contributed by atoms with Gasteiger partial charge < -0.3 is 10.2 Å². The minimum absolute atomic E-state index is 0.0461. The molecule has 4 nitrogen and oxygen atoms in total. The van der Waals surface area contributed by atoms with Crippen LogP contribution in [0, 0.1) is 0 Å². The highest BCUT2D eigenvalue weighted by Gasteiger charge is 2.25. The van der Waals surface area contributed by atoms with Gasteiger partial charge in [-0.05, 0) is 30.0 Å². The van der Waals surface area contributed by atoms with Gasteiger partial charge in [0.15, 0.2) is 0 Å². The minimum atomic E-state index is -0.301. The number of carbonyl (C=O) groups excluding carboxylic acids is 2. The van der Waals surface area contributed by atoms with Crippen molar-refractivity contribution >= 4 is 17.5 Å². The smallest absolute Gasteiger partial charge is 0.229 e. The third-order valence-corrected chi connectivity index (χ3v) is 4.37. The molecule has 0 saturated carbocycles. The highest BCUT2D eigenvalue weighted by atomic mass is 16.2. The van der Waals surface area contributed by atoms with E-state index in [1.165, 1.54) is 12.5 Å². The second kappa shape index (κ2) is 7.30. The molecule has 4 heteroatoms. The van der Waals surface area contributed by atoms with Crippen LogP contribution in [0.25, 0.3) is 0 Å². The first-order valence-corrected chi connectivity index (χ1v) is 8.35. The van der Waals surface area contributed by atoms with Crippen molar-refractivity contribution in [2.45, 2.75) is 32.2 Å². The zero-order chi connectivity index (χ0) is 16.9. The first-order chi connectivity index (χ1) is 11.6. The summed E-state index contributed by atoms with van der Waals surface area (Å²) < 4.78 is 0. The van der Waals surface area contributed by atoms with Crippen molar-refractivity contribution in [2.24, 2.45) is 0 Å². The van der Waals surface area contributed by atoms with Crippen molar-refractivity contribution in [1.29, 1.82) is 0 Å². The SMILES string of the molecule is CC(=O)N[C@H](CC(=O)N1CCCc2ccccc21)c1ccccc1. The Balaban J connectivity index is 1.80. The summed E-state index contributed by atoms with van der Waals surface area (Å²) >= 11 is 0. The molecule has 0 unspecified atom stereocenters. The number of hydrogen-bond acceptors (Lipinski definition) is 2. The summed E-state index contributed by atoms with van der Waals surface area (Å²) in [6.45, 7) is 2.22. The second-order valence-corrected chi connectivity index (χ2v) is 6.15. The van der Waals surface area contributed by atoms with Gasteiger partial charge in [-0.3, -0.25) is 9.59 Å². The molecule has 24 heavy (non-hydrogen) atoms. The van der Waals surface area contributed by atoms with Crippen LogP contribution >= 0.6 is 0 Å². The van der Waals surface area contributed by atoms with Crippen LogP contribution in [0.15, 0.2) is 54.6 Å². The Morgan fingerprint density at radius 1 is 1.08 bits per heavy atom. The van der Waals surface area contributed by atoms with E-state index in [-0.39, 0.29) is 24.3 Å². The van der Waals surface area contributed by atoms with Gasteiger partial charge in [0.05, 0.1) is 12.5 Å². The number of hydrogen-bond donors (Lipinski definition) is 1. The van der Waals surface area contributed by atoms with Gasteiger partial charge in [0.25, 0.3) is 0 Å². The van der Waals surface area contributed by atoms with Gasteiger partial charge in [0.2, 0.25) is 11.8 Å². The molecule has 1 N–H and O–H groups in total. The molecule has 0 aliphatic carbocycles. The first kappa shape index (κ1) is 16.2. The average molecular weight is 322 g/mol. The highest BCUT2D eigenvalue weighted by molar-refractivity contribution is 5.95. The third kappa shape index (κ3) is 3.65. The summed E-state index contributed by atoms with van der Waals surface area (Å²) in [7, 11) is 0. The highest BCUT2D eigenvalue weighted by Crippen LogP contribution is 2.28. The molecule has 2 aromatic carbocycles. The Kier molecular flexibility index (Phi) is 4.94. The van der Waals surface area contributed by atoms with Gasteiger partial charge in [-0.25, -0.2) is 0 Å². The van der Waals surface area contributed by atoms with E-state index in [1.807, 2.05) is 53.4 Å². The van der Waals surface area contributed by atoms with Crippen molar-refractivity contribution in [3.8, 4) is 0 Å². The number of carbonyl (C=O) groups is 2. The summed E-state index contributed by atoms with van der Waals surface area (Å²) in [6, 6.07) is 17.4. The molecule has 0 saturated heterocycles. The van der Waals surface area contributed by atoms with Crippen LogP contribution in [0.3, 0.4) is 0 Å². The standard InChI is InChI=1S/C20H22N2O2/c1-15(23)21-18(16-8-3-2-4-9-16)14-20(24)22-13-7-11-17-10-5-6-12-19(17)22/h2-6,8-10,12,18H,7,11,13-14H2,1H3,(H,21,23)/t18-/m1/s1. The largest absolute Gasteiger partial charge is 0.349 e. The first-order valence-electron chi connectivity index (χ1n) is 8.35. The Hall–Kier alpha value is -2.62. The Bertz CT molecular complexity index is 727. The van der Waals surface area contributed by atoms with Gasteiger partial charge in [-0.15, -0.1) is 0 Å². The second-order valence-electron chi connectivity index (χ2n) is 6.15. The van der Waals surface area contributed by atoms with Gasteiger partial charge in [0, 0.05) is 19.2 Å². The number of anilines is 1. The summed E-state index contributed by atoms with van der Waals surface area (Å²) in [6.07, 6.45) is 2.24. The van der Waals surface area contributed by atoms with Crippen molar-refractivity contribution in [1.82, 2.24) is 5.32 Å². The predicted octanol–water partition coefficient (Wildman–Crippen LogP) is 3.23. The third-order valence-electron chi connectivity index (χ3n) is 4.37. The fraction of sp³-hybridized carbons (Fsp3) is 0.300. The Morgan fingerprint density at radius 2 is 1.79 bits per heavy atom. The molecule has 1 aliphatic heterocycles. The summed E-state index contributed by atoms with van der Waals surface area (Å²) in [5.41, 5.74) is 3.17. The number of nitrogens with zero attached hydrogens (tertiary/aromatic N) is 1. The number of fused-ring (bicyclic) bond motifs is 1. The number of amides is 2. The Labute approximate surface area is 142 Å². The van der Waals surface area contributed by atoms with E-state index in [2.05, 4.69) is 11.4 Å². The van der Waals surface area contributed by atoms with Gasteiger partial charge in [0.1, 0.15) is 0 Å². The van der Waals surface area contributed by atoms with Crippen LogP contribution in [0.5, 0.6) is 0 Å². The van der Waals surface area contributed by atoms with Crippen LogP contribution in [0.1, 0.15) is 36.9 Å². The number of aryl methyl sites for hydroxylation is 1. The lowest BCUT2D eigenvalue weighted by atomic mass is 9.99. The molecule has 0 spiro atoms. The quantitative estimate of drug-likeness (QED) is 0.939. The van der Waals surface area contributed by atoms with Crippen LogP contribution < -0.4 is 10.2 Å². The van der Waals surface area contributed by atoms with Crippen molar-refractivity contribution < 1.29 is 9.59 Å². The molecule has 2 amide bonds. The Morgan fingerprint density at radius 3 is 2.54 bits per heavy atom. The number of benzene rings is 2. The maximum absolute atomic E-state index is 12.9. The molecule has 124 valence electrons. The summed E-state index contributed by atoms with van der Waals surface area (Å²) in [5.74, 6) is -0.0829. The zero-order valence-electron chi connectivity index (χ0n) is 13.9. The number of rotatable bonds is 4. The number of nitrogens with one attached hydrogen (secondary N) is 1. The zero-order valence-corrected chi connectivity index (χ0v) is 13.9. The maximum atomic E-state index is 12.9. The van der Waals surface area contributed by atoms with E-state index in [0.717, 1.165) is 30.6 Å². The molecular weight excluding hydrogens is 300 g/mol. The lowest BCUT2D eigenvalue weighted by Gasteiger charge is -2.31. The van der Waals surface area contributed by atoms with E-state index in [4.69, 9.17) is 0 Å². The monoisotopic (exact) mass is 322 g/mol. The molecule has 0 radical (unpaired) electrons. The molecule has 0 fully saturated rings. The van der Waals surface area contributed by atoms with E-state index in [1.54, 1.807) is 0 Å². The van der Waals surface area contributed by atoms with E-state index in [0.29, 0.717) is 0 Å². The fourth-order valence-electron chi connectivity index (χ4n) is 3.26. The van der Waals surface area contributed by atoms with E-state index >= 15 is 0 Å². The van der Waals surface area contributed by atoms with Gasteiger partial charge >= 0.3 is 0 Å². The molecule has 2 aromatic rings. The van der Waals surface area contributed by atoms with Gasteiger partial charge in [-0.1, -0.05) is 48.5 Å². The maximum Gasteiger partial charge on any atom is 0.229 e.